The second kappa shape index (κ2) is 6.76. The van der Waals surface area contributed by atoms with Crippen LogP contribution in [0.15, 0.2) is 0 Å². The van der Waals surface area contributed by atoms with E-state index in [1.807, 2.05) is 6.92 Å². The molecule has 106 valence electrons. The molecule has 0 saturated carbocycles. The summed E-state index contributed by atoms with van der Waals surface area (Å²) < 4.78 is 31.6. The van der Waals surface area contributed by atoms with Gasteiger partial charge in [-0.15, -0.1) is 0 Å². The molecule has 3 N–H and O–H groups in total. The van der Waals surface area contributed by atoms with Crippen molar-refractivity contribution in [2.24, 2.45) is 5.73 Å². The van der Waals surface area contributed by atoms with Gasteiger partial charge in [-0.2, -0.15) is 0 Å². The normalized spacial score (nSPS) is 21.4. The van der Waals surface area contributed by atoms with Gasteiger partial charge in [-0.1, -0.05) is 12.2 Å². The van der Waals surface area contributed by atoms with E-state index < -0.39 is 15.3 Å². The van der Waals surface area contributed by atoms with Gasteiger partial charge in [0.2, 0.25) is 10.0 Å². The van der Waals surface area contributed by atoms with Crippen LogP contribution in [0.4, 0.5) is 0 Å². The van der Waals surface area contributed by atoms with Crippen LogP contribution in [0.25, 0.3) is 0 Å². The maximum Gasteiger partial charge on any atom is 0.221 e. The van der Waals surface area contributed by atoms with Crippen molar-refractivity contribution in [2.45, 2.75) is 25.1 Å². The molecule has 8 heteroatoms. The quantitative estimate of drug-likeness (QED) is 0.631. The highest BCUT2D eigenvalue weighted by atomic mass is 32.2. The number of morpholine rings is 1. The topological polar surface area (TPSA) is 84.7 Å². The Labute approximate surface area is 114 Å². The molecule has 1 aliphatic heterocycles. The Hall–Kier alpha value is -0.280. The first kappa shape index (κ1) is 15.8. The summed E-state index contributed by atoms with van der Waals surface area (Å²) in [6.45, 7) is 7.04. The summed E-state index contributed by atoms with van der Waals surface area (Å²) in [7, 11) is -3.48. The SMILES string of the molecule is CC(CN1CCOCC1)NS(=O)(=O)C(C)C(N)=S. The molecule has 0 spiro atoms. The molecule has 0 aromatic rings. The highest BCUT2D eigenvalue weighted by molar-refractivity contribution is 7.93. The third-order valence-corrected chi connectivity index (χ3v) is 5.29. The average molecular weight is 295 g/mol. The third kappa shape index (κ3) is 4.77. The summed E-state index contributed by atoms with van der Waals surface area (Å²) in [5.74, 6) is 0. The van der Waals surface area contributed by atoms with Crippen molar-refractivity contribution in [1.29, 1.82) is 0 Å². The first-order valence-electron chi connectivity index (χ1n) is 5.93. The van der Waals surface area contributed by atoms with Crippen LogP contribution in [0.5, 0.6) is 0 Å². The zero-order valence-corrected chi connectivity index (χ0v) is 12.4. The number of hydrogen-bond acceptors (Lipinski definition) is 5. The zero-order valence-electron chi connectivity index (χ0n) is 10.8. The summed E-state index contributed by atoms with van der Waals surface area (Å²) in [5.41, 5.74) is 5.37. The number of rotatable bonds is 6. The van der Waals surface area contributed by atoms with E-state index in [4.69, 9.17) is 22.7 Å². The minimum atomic E-state index is -3.48. The van der Waals surface area contributed by atoms with E-state index in [0.29, 0.717) is 19.8 Å². The van der Waals surface area contributed by atoms with Crippen LogP contribution >= 0.6 is 12.2 Å². The number of sulfonamides is 1. The molecule has 1 fully saturated rings. The van der Waals surface area contributed by atoms with Gasteiger partial charge in [0.1, 0.15) is 5.25 Å². The first-order chi connectivity index (χ1) is 8.33. The van der Waals surface area contributed by atoms with E-state index in [9.17, 15) is 8.42 Å². The molecule has 0 aromatic heterocycles. The predicted octanol–water partition coefficient (Wildman–Crippen LogP) is -0.699. The number of ether oxygens (including phenoxy) is 1. The van der Waals surface area contributed by atoms with Gasteiger partial charge in [0.15, 0.2) is 0 Å². The molecule has 2 atom stereocenters. The minimum Gasteiger partial charge on any atom is -0.392 e. The van der Waals surface area contributed by atoms with Crippen LogP contribution in [0, 0.1) is 0 Å². The van der Waals surface area contributed by atoms with E-state index in [1.54, 1.807) is 0 Å². The molecular formula is C10H21N3O3S2. The predicted molar refractivity (Wildman–Crippen MR) is 75.0 cm³/mol. The Bertz CT molecular complexity index is 380. The van der Waals surface area contributed by atoms with Crippen molar-refractivity contribution in [1.82, 2.24) is 9.62 Å². The largest absolute Gasteiger partial charge is 0.392 e. The van der Waals surface area contributed by atoms with Gasteiger partial charge in [-0.25, -0.2) is 13.1 Å². The summed E-state index contributed by atoms with van der Waals surface area (Å²) in [5, 5.41) is -0.848. The molecule has 18 heavy (non-hydrogen) atoms. The molecule has 1 saturated heterocycles. The summed E-state index contributed by atoms with van der Waals surface area (Å²) in [4.78, 5) is 2.16. The van der Waals surface area contributed by atoms with Gasteiger partial charge in [0.05, 0.1) is 18.2 Å². The maximum atomic E-state index is 11.9. The highest BCUT2D eigenvalue weighted by Gasteiger charge is 2.25. The van der Waals surface area contributed by atoms with E-state index >= 15 is 0 Å². The molecular weight excluding hydrogens is 274 g/mol. The average Bonchev–Trinajstić information content (AvgIpc) is 2.28. The minimum absolute atomic E-state index is 0.0129. The van der Waals surface area contributed by atoms with Gasteiger partial charge < -0.3 is 10.5 Å². The van der Waals surface area contributed by atoms with Crippen molar-refractivity contribution in [3.05, 3.63) is 0 Å². The maximum absolute atomic E-state index is 11.9. The lowest BCUT2D eigenvalue weighted by molar-refractivity contribution is 0.0354. The van der Waals surface area contributed by atoms with Crippen molar-refractivity contribution in [2.75, 3.05) is 32.8 Å². The van der Waals surface area contributed by atoms with Crippen molar-refractivity contribution < 1.29 is 13.2 Å². The molecule has 2 unspecified atom stereocenters. The van der Waals surface area contributed by atoms with Crippen molar-refractivity contribution >= 4 is 27.2 Å². The molecule has 0 aromatic carbocycles. The monoisotopic (exact) mass is 295 g/mol. The molecule has 0 bridgehead atoms. The van der Waals surface area contributed by atoms with Gasteiger partial charge in [0, 0.05) is 25.7 Å². The number of nitrogens with one attached hydrogen (secondary N) is 1. The van der Waals surface area contributed by atoms with Crippen LogP contribution < -0.4 is 10.5 Å². The van der Waals surface area contributed by atoms with Crippen LogP contribution in [-0.2, 0) is 14.8 Å². The molecule has 1 aliphatic rings. The Kier molecular flexibility index (Phi) is 5.93. The van der Waals surface area contributed by atoms with Crippen LogP contribution in [0.1, 0.15) is 13.8 Å². The van der Waals surface area contributed by atoms with E-state index in [0.717, 1.165) is 13.1 Å². The smallest absolute Gasteiger partial charge is 0.221 e. The standard InChI is InChI=1S/C10H21N3O3S2/c1-8(7-13-3-5-16-6-4-13)12-18(14,15)9(2)10(11)17/h8-9,12H,3-7H2,1-2H3,(H2,11,17). The summed E-state index contributed by atoms with van der Waals surface area (Å²) in [6, 6.07) is -0.176. The van der Waals surface area contributed by atoms with Gasteiger partial charge in [-0.3, -0.25) is 4.90 Å². The number of thiocarbonyl (C=S) groups is 1. The van der Waals surface area contributed by atoms with E-state index in [2.05, 4.69) is 9.62 Å². The van der Waals surface area contributed by atoms with Gasteiger partial charge >= 0.3 is 0 Å². The van der Waals surface area contributed by atoms with E-state index in [1.165, 1.54) is 6.92 Å². The summed E-state index contributed by atoms with van der Waals surface area (Å²) >= 11 is 4.71. The lowest BCUT2D eigenvalue weighted by atomic mass is 10.3. The molecule has 1 rings (SSSR count). The van der Waals surface area contributed by atoms with Crippen LogP contribution in [0.2, 0.25) is 0 Å². The molecule has 0 aliphatic carbocycles. The van der Waals surface area contributed by atoms with Gasteiger partial charge in [0.25, 0.3) is 0 Å². The lowest BCUT2D eigenvalue weighted by Crippen LogP contribution is -2.49. The molecule has 0 amide bonds. The number of nitrogens with two attached hydrogens (primary N) is 1. The molecule has 1 heterocycles. The van der Waals surface area contributed by atoms with Crippen LogP contribution in [-0.4, -0.2) is 62.4 Å². The van der Waals surface area contributed by atoms with Crippen molar-refractivity contribution in [3.8, 4) is 0 Å². The summed E-state index contributed by atoms with van der Waals surface area (Å²) in [6.07, 6.45) is 0. The fourth-order valence-electron chi connectivity index (χ4n) is 1.74. The number of hydrogen-bond donors (Lipinski definition) is 2. The Morgan fingerprint density at radius 2 is 2.00 bits per heavy atom. The molecule has 6 nitrogen and oxygen atoms in total. The highest BCUT2D eigenvalue weighted by Crippen LogP contribution is 2.03. The Morgan fingerprint density at radius 1 is 1.44 bits per heavy atom. The fourth-order valence-corrected chi connectivity index (χ4v) is 3.27. The second-order valence-electron chi connectivity index (χ2n) is 4.52. The van der Waals surface area contributed by atoms with Crippen molar-refractivity contribution in [3.63, 3.8) is 0 Å². The Morgan fingerprint density at radius 3 is 2.50 bits per heavy atom. The lowest BCUT2D eigenvalue weighted by Gasteiger charge is -2.29. The van der Waals surface area contributed by atoms with Crippen LogP contribution in [0.3, 0.4) is 0 Å². The van der Waals surface area contributed by atoms with E-state index in [-0.39, 0.29) is 11.0 Å². The molecule has 0 radical (unpaired) electrons. The first-order valence-corrected chi connectivity index (χ1v) is 7.89. The third-order valence-electron chi connectivity index (χ3n) is 2.87. The zero-order chi connectivity index (χ0) is 13.8. The van der Waals surface area contributed by atoms with Gasteiger partial charge in [-0.05, 0) is 13.8 Å². The number of nitrogens with zero attached hydrogens (tertiary/aromatic N) is 1. The second-order valence-corrected chi connectivity index (χ2v) is 7.03. The fraction of sp³-hybridized carbons (Fsp3) is 0.900. The Balaban J connectivity index is 2.48.